The lowest BCUT2D eigenvalue weighted by Crippen LogP contribution is -2.02. The SMILES string of the molecule is CCOc1cc(Cl)c(C(=O)c2sccc2Cl)cc1Cl. The van der Waals surface area contributed by atoms with Crippen LogP contribution >= 0.6 is 46.1 Å². The summed E-state index contributed by atoms with van der Waals surface area (Å²) in [5.74, 6) is 0.220. The van der Waals surface area contributed by atoms with E-state index in [2.05, 4.69) is 0 Å². The van der Waals surface area contributed by atoms with Crippen LogP contribution < -0.4 is 4.74 Å². The first kappa shape index (κ1) is 14.7. The third-order valence-electron chi connectivity index (χ3n) is 2.39. The molecule has 2 rings (SSSR count). The number of hydrogen-bond donors (Lipinski definition) is 0. The number of benzene rings is 1. The lowest BCUT2D eigenvalue weighted by atomic mass is 10.1. The van der Waals surface area contributed by atoms with Crippen LogP contribution in [-0.4, -0.2) is 12.4 Å². The normalized spacial score (nSPS) is 10.5. The van der Waals surface area contributed by atoms with Crippen molar-refractivity contribution >= 4 is 51.9 Å². The molecule has 1 aromatic carbocycles. The van der Waals surface area contributed by atoms with Gasteiger partial charge in [0.15, 0.2) is 0 Å². The Hall–Kier alpha value is -0.740. The van der Waals surface area contributed by atoms with Crippen LogP contribution in [-0.2, 0) is 0 Å². The Bertz CT molecular complexity index is 622. The van der Waals surface area contributed by atoms with Crippen molar-refractivity contribution in [3.8, 4) is 5.75 Å². The summed E-state index contributed by atoms with van der Waals surface area (Å²) in [5.41, 5.74) is 0.319. The largest absolute Gasteiger partial charge is 0.492 e. The van der Waals surface area contributed by atoms with Crippen LogP contribution in [0.1, 0.15) is 22.2 Å². The average Bonchev–Trinajstić information content (AvgIpc) is 2.79. The van der Waals surface area contributed by atoms with Crippen LogP contribution in [0.3, 0.4) is 0 Å². The molecule has 0 amide bonds. The van der Waals surface area contributed by atoms with Crippen molar-refractivity contribution < 1.29 is 9.53 Å². The van der Waals surface area contributed by atoms with Crippen molar-refractivity contribution in [1.82, 2.24) is 0 Å². The van der Waals surface area contributed by atoms with Crippen LogP contribution in [0.25, 0.3) is 0 Å². The maximum Gasteiger partial charge on any atom is 0.206 e. The number of carbonyl (C=O) groups is 1. The fourth-order valence-corrected chi connectivity index (χ4v) is 3.10. The Kier molecular flexibility index (Phi) is 4.74. The summed E-state index contributed by atoms with van der Waals surface area (Å²) in [5, 5.41) is 2.81. The second-order valence-electron chi connectivity index (χ2n) is 3.62. The molecular formula is C13H9Cl3O2S. The molecule has 0 atom stereocenters. The Balaban J connectivity index is 2.44. The second-order valence-corrected chi connectivity index (χ2v) is 5.76. The van der Waals surface area contributed by atoms with Gasteiger partial charge in [-0.3, -0.25) is 4.79 Å². The Labute approximate surface area is 129 Å². The molecule has 0 radical (unpaired) electrons. The highest BCUT2D eigenvalue weighted by atomic mass is 35.5. The van der Waals surface area contributed by atoms with E-state index >= 15 is 0 Å². The number of rotatable bonds is 4. The lowest BCUT2D eigenvalue weighted by Gasteiger charge is -2.09. The monoisotopic (exact) mass is 334 g/mol. The van der Waals surface area contributed by atoms with Crippen LogP contribution in [0.4, 0.5) is 0 Å². The molecular weight excluding hydrogens is 327 g/mol. The zero-order valence-electron chi connectivity index (χ0n) is 9.88. The van der Waals surface area contributed by atoms with E-state index in [0.29, 0.717) is 37.9 Å². The molecule has 6 heteroatoms. The number of carbonyl (C=O) groups excluding carboxylic acids is 1. The Morgan fingerprint density at radius 3 is 2.53 bits per heavy atom. The number of thiophene rings is 1. The minimum Gasteiger partial charge on any atom is -0.492 e. The van der Waals surface area contributed by atoms with Gasteiger partial charge in [0, 0.05) is 11.6 Å². The summed E-state index contributed by atoms with van der Waals surface area (Å²) in [7, 11) is 0. The van der Waals surface area contributed by atoms with Crippen LogP contribution in [0.5, 0.6) is 5.75 Å². The second kappa shape index (κ2) is 6.14. The van der Waals surface area contributed by atoms with Crippen LogP contribution in [0, 0.1) is 0 Å². The Morgan fingerprint density at radius 1 is 1.21 bits per heavy atom. The first-order chi connectivity index (χ1) is 9.04. The summed E-state index contributed by atoms with van der Waals surface area (Å²) >= 11 is 19.4. The summed E-state index contributed by atoms with van der Waals surface area (Å²) in [4.78, 5) is 12.8. The van der Waals surface area contributed by atoms with Crippen molar-refractivity contribution in [2.24, 2.45) is 0 Å². The summed E-state index contributed by atoms with van der Waals surface area (Å²) in [6, 6.07) is 4.72. The maximum absolute atomic E-state index is 12.3. The van der Waals surface area contributed by atoms with Crippen molar-refractivity contribution in [3.63, 3.8) is 0 Å². The first-order valence-corrected chi connectivity index (χ1v) is 7.45. The molecule has 0 aliphatic heterocycles. The van der Waals surface area contributed by atoms with Crippen LogP contribution in [0.2, 0.25) is 15.1 Å². The minimum atomic E-state index is -0.241. The Morgan fingerprint density at radius 2 is 1.95 bits per heavy atom. The molecule has 0 saturated heterocycles. The fraction of sp³-hybridized carbons (Fsp3) is 0.154. The van der Waals surface area contributed by atoms with Gasteiger partial charge in [-0.25, -0.2) is 0 Å². The van der Waals surface area contributed by atoms with Crippen molar-refractivity contribution in [1.29, 1.82) is 0 Å². The van der Waals surface area contributed by atoms with Crippen molar-refractivity contribution in [2.75, 3.05) is 6.61 Å². The van der Waals surface area contributed by atoms with Gasteiger partial charge in [-0.2, -0.15) is 0 Å². The molecule has 1 aromatic heterocycles. The first-order valence-electron chi connectivity index (χ1n) is 5.44. The summed E-state index contributed by atoms with van der Waals surface area (Å²) in [6.45, 7) is 2.31. The summed E-state index contributed by atoms with van der Waals surface area (Å²) in [6.07, 6.45) is 0. The van der Waals surface area contributed by atoms with Gasteiger partial charge < -0.3 is 4.74 Å². The van der Waals surface area contributed by atoms with Gasteiger partial charge in [0.25, 0.3) is 0 Å². The average molecular weight is 336 g/mol. The zero-order valence-corrected chi connectivity index (χ0v) is 13.0. The number of ketones is 1. The third kappa shape index (κ3) is 3.06. The number of ether oxygens (including phenoxy) is 1. The molecule has 2 nitrogen and oxygen atoms in total. The molecule has 0 unspecified atom stereocenters. The van der Waals surface area contributed by atoms with Gasteiger partial charge in [0.05, 0.1) is 26.6 Å². The van der Waals surface area contributed by atoms with Gasteiger partial charge in [-0.15, -0.1) is 11.3 Å². The van der Waals surface area contributed by atoms with Crippen molar-refractivity contribution in [2.45, 2.75) is 6.92 Å². The van der Waals surface area contributed by atoms with Gasteiger partial charge >= 0.3 is 0 Å². The lowest BCUT2D eigenvalue weighted by molar-refractivity contribution is 0.104. The van der Waals surface area contributed by atoms with E-state index < -0.39 is 0 Å². The van der Waals surface area contributed by atoms with E-state index in [-0.39, 0.29) is 5.78 Å². The van der Waals surface area contributed by atoms with E-state index in [0.717, 1.165) is 0 Å². The molecule has 0 saturated carbocycles. The maximum atomic E-state index is 12.3. The number of halogens is 3. The highest BCUT2D eigenvalue weighted by molar-refractivity contribution is 7.13. The standard InChI is InChI=1S/C13H9Cl3O2S/c1-2-18-11-6-9(15)7(5-10(11)16)12(17)13-8(14)3-4-19-13/h3-6H,2H2,1H3. The molecule has 0 aliphatic rings. The molecule has 100 valence electrons. The minimum absolute atomic E-state index is 0.241. The summed E-state index contributed by atoms with van der Waals surface area (Å²) < 4.78 is 5.32. The van der Waals surface area contributed by atoms with Crippen LogP contribution in [0.15, 0.2) is 23.6 Å². The van der Waals surface area contributed by atoms with E-state index in [1.54, 1.807) is 17.5 Å². The van der Waals surface area contributed by atoms with E-state index in [1.165, 1.54) is 17.4 Å². The van der Waals surface area contributed by atoms with Gasteiger partial charge in [0.1, 0.15) is 5.75 Å². The molecule has 19 heavy (non-hydrogen) atoms. The molecule has 0 fully saturated rings. The molecule has 0 N–H and O–H groups in total. The van der Waals surface area contributed by atoms with Crippen molar-refractivity contribution in [3.05, 3.63) is 49.1 Å². The van der Waals surface area contributed by atoms with Gasteiger partial charge in [-0.05, 0) is 24.4 Å². The van der Waals surface area contributed by atoms with Gasteiger partial charge in [-0.1, -0.05) is 34.8 Å². The smallest absolute Gasteiger partial charge is 0.206 e. The highest BCUT2D eigenvalue weighted by Gasteiger charge is 2.19. The third-order valence-corrected chi connectivity index (χ3v) is 4.34. The topological polar surface area (TPSA) is 26.3 Å². The molecule has 0 aliphatic carbocycles. The van der Waals surface area contributed by atoms with E-state index in [1.807, 2.05) is 6.92 Å². The predicted octanol–water partition coefficient (Wildman–Crippen LogP) is 5.34. The molecule has 0 spiro atoms. The fourth-order valence-electron chi connectivity index (χ4n) is 1.55. The highest BCUT2D eigenvalue weighted by Crippen LogP contribution is 2.34. The predicted molar refractivity (Wildman–Crippen MR) is 80.4 cm³/mol. The zero-order chi connectivity index (χ0) is 14.0. The van der Waals surface area contributed by atoms with Gasteiger partial charge in [0.2, 0.25) is 5.78 Å². The molecule has 0 bridgehead atoms. The van der Waals surface area contributed by atoms with E-state index in [9.17, 15) is 4.79 Å². The molecule has 1 heterocycles. The quantitative estimate of drug-likeness (QED) is 0.705. The van der Waals surface area contributed by atoms with E-state index in [4.69, 9.17) is 39.5 Å². The number of hydrogen-bond acceptors (Lipinski definition) is 3. The molecule has 2 aromatic rings.